The molecule has 0 bridgehead atoms. The quantitative estimate of drug-likeness (QED) is 0.108. The number of carbonyl (C=O) groups is 4. The van der Waals surface area contributed by atoms with Crippen molar-refractivity contribution < 1.29 is 38.9 Å². The maximum Gasteiger partial charge on any atom is 0.328 e. The van der Waals surface area contributed by atoms with Gasteiger partial charge in [0, 0.05) is 25.2 Å². The van der Waals surface area contributed by atoms with Gasteiger partial charge in [0.2, 0.25) is 11.8 Å². The van der Waals surface area contributed by atoms with Gasteiger partial charge in [-0.15, -0.1) is 0 Å². The zero-order valence-corrected chi connectivity index (χ0v) is 37.8. The Morgan fingerprint density at radius 3 is 1.15 bits per heavy atom. The van der Waals surface area contributed by atoms with E-state index < -0.39 is 35.8 Å². The zero-order valence-electron chi connectivity index (χ0n) is 37.8. The van der Waals surface area contributed by atoms with Gasteiger partial charge in [0.05, 0.1) is 37.8 Å². The maximum absolute atomic E-state index is 11.0. The number of aliphatic carboxylic acids is 2. The number of aromatic nitrogens is 2. The van der Waals surface area contributed by atoms with Crippen LogP contribution in [0.5, 0.6) is 0 Å². The fourth-order valence-electron chi connectivity index (χ4n) is 6.88. The molecule has 2 unspecified atom stereocenters. The van der Waals surface area contributed by atoms with Crippen LogP contribution < -0.4 is 10.6 Å². The second-order valence-corrected chi connectivity index (χ2v) is 14.6. The van der Waals surface area contributed by atoms with E-state index in [-0.39, 0.29) is 26.4 Å². The number of carboxylic acid groups (broad SMARTS) is 2. The number of rotatable bonds is 12. The predicted molar refractivity (Wildman–Crippen MR) is 244 cm³/mol. The first-order chi connectivity index (χ1) is 30.1. The van der Waals surface area contributed by atoms with Crippen molar-refractivity contribution in [3.63, 3.8) is 0 Å². The van der Waals surface area contributed by atoms with E-state index in [0.717, 1.165) is 61.3 Å². The summed E-state index contributed by atoms with van der Waals surface area (Å²) in [7, 11) is 0. The molecule has 12 heteroatoms. The highest BCUT2D eigenvalue weighted by atomic mass is 16.5. The summed E-state index contributed by atoms with van der Waals surface area (Å²) in [6, 6.07) is 26.7. The van der Waals surface area contributed by atoms with Gasteiger partial charge in [0.1, 0.15) is 0 Å². The maximum atomic E-state index is 11.0. The first-order valence-corrected chi connectivity index (χ1v) is 22.3. The standard InChI is InChI=1S/2C15H20N2O4.C10H12.C6H6.2C2H6/c2*1-10(18)16-14(15(19)20)9-21-8-12-7-6-11-4-2-3-5-13(11)17-12;1-2-6-10-8-4-3-7-9(10)5-1;1-2-4-6-5-3-1;2*1-2/h2*6-7,14H,2-5,8-9H2,1H3,(H,16,18)(H,19,20);1-2,5-6H,3-4,7-8H2;1-6H;2*1-2H3. The first-order valence-electron chi connectivity index (χ1n) is 22.3. The smallest absolute Gasteiger partial charge is 0.328 e. The van der Waals surface area contributed by atoms with Crippen molar-refractivity contribution in [3.8, 4) is 0 Å². The van der Waals surface area contributed by atoms with Crippen molar-refractivity contribution in [1.82, 2.24) is 20.6 Å². The number of pyridine rings is 2. The van der Waals surface area contributed by atoms with Crippen molar-refractivity contribution in [3.05, 3.63) is 130 Å². The molecule has 2 aromatic heterocycles. The van der Waals surface area contributed by atoms with Gasteiger partial charge in [-0.05, 0) is 111 Å². The monoisotopic (exact) mass is 855 g/mol. The minimum absolute atomic E-state index is 0.0757. The summed E-state index contributed by atoms with van der Waals surface area (Å²) in [5, 5.41) is 22.6. The molecule has 3 aliphatic rings. The Labute approximate surface area is 369 Å². The largest absolute Gasteiger partial charge is 0.480 e. The van der Waals surface area contributed by atoms with Gasteiger partial charge in [-0.3, -0.25) is 19.6 Å². The van der Waals surface area contributed by atoms with Crippen LogP contribution in [0, 0.1) is 0 Å². The summed E-state index contributed by atoms with van der Waals surface area (Å²) in [6.07, 6.45) is 14.3. The molecule has 62 heavy (non-hydrogen) atoms. The normalized spacial score (nSPS) is 13.8. The minimum Gasteiger partial charge on any atom is -0.480 e. The lowest BCUT2D eigenvalue weighted by Gasteiger charge is -2.16. The van der Waals surface area contributed by atoms with Crippen LogP contribution in [0.2, 0.25) is 0 Å². The predicted octanol–water partition coefficient (Wildman–Crippen LogP) is 8.44. The summed E-state index contributed by atoms with van der Waals surface area (Å²) in [4.78, 5) is 52.8. The second kappa shape index (κ2) is 31.4. The van der Waals surface area contributed by atoms with Gasteiger partial charge in [-0.25, -0.2) is 9.59 Å². The van der Waals surface area contributed by atoms with Crippen LogP contribution in [-0.4, -0.2) is 69.2 Å². The fraction of sp³-hybridized carbons (Fsp3) is 0.480. The Hall–Kier alpha value is -5.46. The Balaban J connectivity index is 0.000000299. The van der Waals surface area contributed by atoms with Gasteiger partial charge in [0.25, 0.3) is 0 Å². The molecule has 2 amide bonds. The number of aryl methyl sites for hydroxylation is 6. The lowest BCUT2D eigenvalue weighted by atomic mass is 9.92. The van der Waals surface area contributed by atoms with Crippen molar-refractivity contribution in [1.29, 1.82) is 0 Å². The van der Waals surface area contributed by atoms with Crippen LogP contribution >= 0.6 is 0 Å². The van der Waals surface area contributed by atoms with Gasteiger partial charge in [-0.2, -0.15) is 0 Å². The van der Waals surface area contributed by atoms with Gasteiger partial charge >= 0.3 is 11.9 Å². The van der Waals surface area contributed by atoms with Crippen molar-refractivity contribution in [2.45, 2.75) is 144 Å². The highest BCUT2D eigenvalue weighted by molar-refractivity contribution is 5.82. The van der Waals surface area contributed by atoms with Crippen molar-refractivity contribution in [2.24, 2.45) is 0 Å². The minimum atomic E-state index is -1.11. The summed E-state index contributed by atoms with van der Waals surface area (Å²) < 4.78 is 10.8. The lowest BCUT2D eigenvalue weighted by molar-refractivity contribution is -0.144. The van der Waals surface area contributed by atoms with E-state index in [2.05, 4.69) is 57.0 Å². The number of amides is 2. The van der Waals surface area contributed by atoms with E-state index in [1.807, 2.05) is 76.2 Å². The summed E-state index contributed by atoms with van der Waals surface area (Å²) in [5.41, 5.74) is 9.59. The molecule has 7 rings (SSSR count). The second-order valence-electron chi connectivity index (χ2n) is 14.6. The van der Waals surface area contributed by atoms with E-state index >= 15 is 0 Å². The summed E-state index contributed by atoms with van der Waals surface area (Å²) in [6.45, 7) is 10.9. The third-order valence-corrected chi connectivity index (χ3v) is 9.82. The highest BCUT2D eigenvalue weighted by Gasteiger charge is 2.20. The number of benzene rings is 2. The number of carbonyl (C=O) groups excluding carboxylic acids is 2. The molecule has 3 aliphatic carbocycles. The van der Waals surface area contributed by atoms with Crippen LogP contribution in [0.15, 0.2) is 84.9 Å². The summed E-state index contributed by atoms with van der Waals surface area (Å²) in [5.74, 6) is -3.00. The van der Waals surface area contributed by atoms with Gasteiger partial charge in [0.15, 0.2) is 12.1 Å². The molecule has 2 aromatic carbocycles. The molecule has 2 heterocycles. The number of hydrogen-bond donors (Lipinski definition) is 4. The first kappa shape index (κ1) is 52.7. The van der Waals surface area contributed by atoms with E-state index in [9.17, 15) is 19.2 Å². The van der Waals surface area contributed by atoms with E-state index in [1.165, 1.54) is 63.5 Å². The number of carboxylic acids is 2. The Morgan fingerprint density at radius 2 is 0.823 bits per heavy atom. The molecule has 2 atom stereocenters. The van der Waals surface area contributed by atoms with Crippen LogP contribution in [-0.2, 0) is 80.4 Å². The molecule has 0 spiro atoms. The van der Waals surface area contributed by atoms with E-state index in [0.29, 0.717) is 0 Å². The van der Waals surface area contributed by atoms with E-state index in [4.69, 9.17) is 19.7 Å². The Morgan fingerprint density at radius 1 is 0.500 bits per heavy atom. The average Bonchev–Trinajstić information content (AvgIpc) is 3.30. The molecule has 0 saturated carbocycles. The number of nitrogens with one attached hydrogen (secondary N) is 2. The Kier molecular flexibility index (Phi) is 26.7. The van der Waals surface area contributed by atoms with Gasteiger partial charge in [-0.1, -0.05) is 100 Å². The SMILES string of the molecule is CC.CC.CC(=O)NC(COCc1ccc2c(n1)CCCC2)C(=O)O.CC(=O)NC(COCc1ccc2c(n1)CCCC2)C(=O)O.c1ccc2c(c1)CCCC2.c1ccccc1. The molecule has 4 N–H and O–H groups in total. The van der Waals surface area contributed by atoms with Crippen LogP contribution in [0.3, 0.4) is 0 Å². The highest BCUT2D eigenvalue weighted by Crippen LogP contribution is 2.22. The molecule has 4 aromatic rings. The number of hydrogen-bond acceptors (Lipinski definition) is 8. The molecule has 0 aliphatic heterocycles. The number of fused-ring (bicyclic) bond motifs is 3. The molecule has 0 fully saturated rings. The molecular formula is C50H70N4O8. The topological polar surface area (TPSA) is 177 Å². The van der Waals surface area contributed by atoms with Crippen molar-refractivity contribution >= 4 is 23.8 Å². The summed E-state index contributed by atoms with van der Waals surface area (Å²) >= 11 is 0. The fourth-order valence-corrected chi connectivity index (χ4v) is 6.88. The van der Waals surface area contributed by atoms with Crippen LogP contribution in [0.25, 0.3) is 0 Å². The Bertz CT molecular complexity index is 1760. The van der Waals surface area contributed by atoms with Crippen molar-refractivity contribution in [2.75, 3.05) is 13.2 Å². The lowest BCUT2D eigenvalue weighted by Crippen LogP contribution is -2.42. The number of nitrogens with zero attached hydrogens (tertiary/aromatic N) is 2. The van der Waals surface area contributed by atoms with Crippen LogP contribution in [0.1, 0.15) is 125 Å². The third kappa shape index (κ3) is 20.9. The number of ether oxygens (including phenoxy) is 2. The zero-order chi connectivity index (χ0) is 45.5. The average molecular weight is 855 g/mol. The third-order valence-electron chi connectivity index (χ3n) is 9.82. The van der Waals surface area contributed by atoms with E-state index in [1.54, 1.807) is 11.1 Å². The van der Waals surface area contributed by atoms with Crippen LogP contribution in [0.4, 0.5) is 0 Å². The molecular weight excluding hydrogens is 785 g/mol. The molecule has 338 valence electrons. The molecule has 0 saturated heterocycles. The molecule has 0 radical (unpaired) electrons. The molecule has 12 nitrogen and oxygen atoms in total. The van der Waals surface area contributed by atoms with Gasteiger partial charge < -0.3 is 30.3 Å².